The summed E-state index contributed by atoms with van der Waals surface area (Å²) in [5.74, 6) is -1.21. The van der Waals surface area contributed by atoms with Crippen molar-refractivity contribution in [2.24, 2.45) is 0 Å². The summed E-state index contributed by atoms with van der Waals surface area (Å²) < 4.78 is 4.63. The number of aliphatic hydroxyl groups is 2. The molecule has 12 heavy (non-hydrogen) atoms. The quantitative estimate of drug-likeness (QED) is 0.482. The first-order valence-corrected chi connectivity index (χ1v) is 3.48. The summed E-state index contributed by atoms with van der Waals surface area (Å²) in [6.07, 6.45) is -0.996. The zero-order chi connectivity index (χ0) is 9.56. The number of rotatable bonds is 6. The summed E-state index contributed by atoms with van der Waals surface area (Å²) >= 11 is 0. The molecule has 0 aromatic rings. The molecule has 2 N–H and O–H groups in total. The van der Waals surface area contributed by atoms with E-state index in [2.05, 4.69) is 4.74 Å². The van der Waals surface area contributed by atoms with Gasteiger partial charge in [0.2, 0.25) is 5.78 Å². The SMILES string of the molecule is CC(=O)C(=O)COCC(O)CO. The first-order chi connectivity index (χ1) is 5.57. The van der Waals surface area contributed by atoms with Crippen molar-refractivity contribution in [2.45, 2.75) is 13.0 Å². The molecule has 0 rings (SSSR count). The second kappa shape index (κ2) is 5.82. The molecule has 0 bridgehead atoms. The Morgan fingerprint density at radius 3 is 2.50 bits per heavy atom. The maximum atomic E-state index is 10.6. The van der Waals surface area contributed by atoms with E-state index in [1.54, 1.807) is 0 Å². The van der Waals surface area contributed by atoms with Gasteiger partial charge in [-0.3, -0.25) is 9.59 Å². The lowest BCUT2D eigenvalue weighted by atomic mass is 10.3. The summed E-state index contributed by atoms with van der Waals surface area (Å²) in [6, 6.07) is 0. The summed E-state index contributed by atoms with van der Waals surface area (Å²) in [5.41, 5.74) is 0. The van der Waals surface area contributed by atoms with Crippen LogP contribution in [0.2, 0.25) is 0 Å². The van der Waals surface area contributed by atoms with Gasteiger partial charge in [-0.25, -0.2) is 0 Å². The number of aliphatic hydroxyl groups excluding tert-OH is 2. The van der Waals surface area contributed by atoms with Crippen LogP contribution in [0.1, 0.15) is 6.92 Å². The highest BCUT2D eigenvalue weighted by molar-refractivity contribution is 6.36. The average molecular weight is 176 g/mol. The summed E-state index contributed by atoms with van der Waals surface area (Å²) in [4.78, 5) is 20.9. The Balaban J connectivity index is 3.44. The fourth-order valence-corrected chi connectivity index (χ4v) is 0.442. The van der Waals surface area contributed by atoms with E-state index in [4.69, 9.17) is 10.2 Å². The van der Waals surface area contributed by atoms with Crippen LogP contribution in [0.3, 0.4) is 0 Å². The predicted molar refractivity (Wildman–Crippen MR) is 39.6 cm³/mol. The molecular weight excluding hydrogens is 164 g/mol. The number of carbonyl (C=O) groups excluding carboxylic acids is 2. The van der Waals surface area contributed by atoms with Crippen molar-refractivity contribution < 1.29 is 24.5 Å². The topological polar surface area (TPSA) is 83.8 Å². The van der Waals surface area contributed by atoms with E-state index in [1.807, 2.05) is 0 Å². The van der Waals surface area contributed by atoms with Crippen LogP contribution in [0.5, 0.6) is 0 Å². The number of ether oxygens (including phenoxy) is 1. The monoisotopic (exact) mass is 176 g/mol. The van der Waals surface area contributed by atoms with Crippen molar-refractivity contribution in [1.82, 2.24) is 0 Å². The van der Waals surface area contributed by atoms with Crippen LogP contribution in [0.25, 0.3) is 0 Å². The minimum absolute atomic E-state index is 0.143. The van der Waals surface area contributed by atoms with Gasteiger partial charge in [0.05, 0.1) is 13.2 Å². The molecule has 0 amide bonds. The van der Waals surface area contributed by atoms with E-state index in [1.165, 1.54) is 0 Å². The van der Waals surface area contributed by atoms with Crippen LogP contribution < -0.4 is 0 Å². The van der Waals surface area contributed by atoms with Gasteiger partial charge >= 0.3 is 0 Å². The molecule has 0 aromatic heterocycles. The van der Waals surface area contributed by atoms with Crippen molar-refractivity contribution in [3.8, 4) is 0 Å². The highest BCUT2D eigenvalue weighted by Crippen LogP contribution is 1.85. The maximum Gasteiger partial charge on any atom is 0.223 e. The van der Waals surface area contributed by atoms with Crippen molar-refractivity contribution in [3.05, 3.63) is 0 Å². The zero-order valence-electron chi connectivity index (χ0n) is 6.82. The molecule has 0 aromatic carbocycles. The second-order valence-corrected chi connectivity index (χ2v) is 2.33. The van der Waals surface area contributed by atoms with Gasteiger partial charge in [0.15, 0.2) is 5.78 Å². The molecule has 0 saturated heterocycles. The molecule has 0 aliphatic carbocycles. The van der Waals surface area contributed by atoms with Crippen molar-refractivity contribution in [1.29, 1.82) is 0 Å². The molecule has 0 aliphatic rings. The van der Waals surface area contributed by atoms with Gasteiger partial charge in [0.1, 0.15) is 12.7 Å². The van der Waals surface area contributed by atoms with Crippen molar-refractivity contribution >= 4 is 11.6 Å². The van der Waals surface area contributed by atoms with Crippen molar-refractivity contribution in [3.63, 3.8) is 0 Å². The Bertz CT molecular complexity index is 165. The lowest BCUT2D eigenvalue weighted by Crippen LogP contribution is -2.24. The Hall–Kier alpha value is -0.780. The maximum absolute atomic E-state index is 10.6. The minimum Gasteiger partial charge on any atom is -0.394 e. The molecule has 0 fully saturated rings. The third-order valence-electron chi connectivity index (χ3n) is 1.15. The van der Waals surface area contributed by atoms with Crippen LogP contribution in [0.15, 0.2) is 0 Å². The molecule has 1 atom stereocenters. The van der Waals surface area contributed by atoms with E-state index >= 15 is 0 Å². The number of ketones is 2. The highest BCUT2D eigenvalue weighted by Gasteiger charge is 2.08. The van der Waals surface area contributed by atoms with E-state index < -0.39 is 24.3 Å². The van der Waals surface area contributed by atoms with Crippen LogP contribution in [-0.4, -0.2) is 47.7 Å². The zero-order valence-corrected chi connectivity index (χ0v) is 6.82. The lowest BCUT2D eigenvalue weighted by molar-refractivity contribution is -0.138. The minimum atomic E-state index is -0.996. The van der Waals surface area contributed by atoms with E-state index in [-0.39, 0.29) is 13.2 Å². The Labute approximate surface area is 70.0 Å². The number of hydrogen-bond acceptors (Lipinski definition) is 5. The van der Waals surface area contributed by atoms with Gasteiger partial charge in [-0.2, -0.15) is 0 Å². The molecule has 5 heteroatoms. The molecule has 1 unspecified atom stereocenters. The molecule has 5 nitrogen and oxygen atoms in total. The van der Waals surface area contributed by atoms with Crippen LogP contribution in [0, 0.1) is 0 Å². The average Bonchev–Trinajstić information content (AvgIpc) is 2.03. The molecule has 0 aliphatic heterocycles. The number of Topliss-reactive ketones (excluding diaryl/α,β-unsaturated/α-hetero) is 2. The molecule has 0 radical (unpaired) electrons. The van der Waals surface area contributed by atoms with Gasteiger partial charge in [0.25, 0.3) is 0 Å². The van der Waals surface area contributed by atoms with Crippen LogP contribution in [-0.2, 0) is 14.3 Å². The second-order valence-electron chi connectivity index (χ2n) is 2.33. The molecule has 0 saturated carbocycles. The highest BCUT2D eigenvalue weighted by atomic mass is 16.5. The number of carbonyl (C=O) groups is 2. The normalized spacial score (nSPS) is 12.6. The molecular formula is C7H12O5. The van der Waals surface area contributed by atoms with Crippen LogP contribution in [0.4, 0.5) is 0 Å². The van der Waals surface area contributed by atoms with Gasteiger partial charge in [-0.15, -0.1) is 0 Å². The summed E-state index contributed by atoms with van der Waals surface area (Å²) in [5, 5.41) is 17.1. The first-order valence-electron chi connectivity index (χ1n) is 3.48. The van der Waals surface area contributed by atoms with Gasteiger partial charge in [0, 0.05) is 6.92 Å². The smallest absolute Gasteiger partial charge is 0.223 e. The largest absolute Gasteiger partial charge is 0.394 e. The summed E-state index contributed by atoms with van der Waals surface area (Å²) in [7, 11) is 0. The van der Waals surface area contributed by atoms with Gasteiger partial charge in [-0.1, -0.05) is 0 Å². The fourth-order valence-electron chi connectivity index (χ4n) is 0.442. The van der Waals surface area contributed by atoms with Crippen LogP contribution >= 0.6 is 0 Å². The standard InChI is InChI=1S/C7H12O5/c1-5(9)7(11)4-12-3-6(10)2-8/h6,8,10H,2-4H2,1H3. The lowest BCUT2D eigenvalue weighted by Gasteiger charge is -2.06. The van der Waals surface area contributed by atoms with E-state index in [0.717, 1.165) is 6.92 Å². The summed E-state index contributed by atoms with van der Waals surface area (Å²) in [6.45, 7) is 0.240. The molecule has 0 spiro atoms. The first kappa shape index (κ1) is 11.2. The third kappa shape index (κ3) is 4.95. The molecule has 70 valence electrons. The van der Waals surface area contributed by atoms with Gasteiger partial charge < -0.3 is 14.9 Å². The number of hydrogen-bond donors (Lipinski definition) is 2. The molecule has 0 heterocycles. The Morgan fingerprint density at radius 1 is 1.50 bits per heavy atom. The van der Waals surface area contributed by atoms with Crippen molar-refractivity contribution in [2.75, 3.05) is 19.8 Å². The predicted octanol–water partition coefficient (Wildman–Crippen LogP) is -1.49. The van der Waals surface area contributed by atoms with Gasteiger partial charge in [-0.05, 0) is 0 Å². The Morgan fingerprint density at radius 2 is 2.08 bits per heavy atom. The Kier molecular flexibility index (Phi) is 5.44. The third-order valence-corrected chi connectivity index (χ3v) is 1.15. The van der Waals surface area contributed by atoms with E-state index in [0.29, 0.717) is 0 Å². The van der Waals surface area contributed by atoms with E-state index in [9.17, 15) is 9.59 Å². The fraction of sp³-hybridized carbons (Fsp3) is 0.714.